The van der Waals surface area contributed by atoms with Gasteiger partial charge < -0.3 is 0 Å². The van der Waals surface area contributed by atoms with Crippen molar-refractivity contribution >= 4 is 44.4 Å². The Morgan fingerprint density at radius 2 is 1.77 bits per heavy atom. The molecule has 0 fully saturated rings. The van der Waals surface area contributed by atoms with Crippen molar-refractivity contribution < 1.29 is 4.79 Å². The van der Waals surface area contributed by atoms with Crippen molar-refractivity contribution in [1.82, 2.24) is 4.98 Å². The number of rotatable bonds is 6. The number of nitrogens with zero attached hydrogens (tertiary/aromatic N) is 2. The van der Waals surface area contributed by atoms with E-state index in [0.717, 1.165) is 32.2 Å². The van der Waals surface area contributed by atoms with Crippen LogP contribution in [0.5, 0.6) is 0 Å². The van der Waals surface area contributed by atoms with Crippen molar-refractivity contribution in [3.05, 3.63) is 89.0 Å². The van der Waals surface area contributed by atoms with E-state index in [-0.39, 0.29) is 5.91 Å². The second-order valence-electron chi connectivity index (χ2n) is 7.26. The highest BCUT2D eigenvalue weighted by Crippen LogP contribution is 2.33. The van der Waals surface area contributed by atoms with Crippen molar-refractivity contribution in [3.63, 3.8) is 0 Å². The van der Waals surface area contributed by atoms with Gasteiger partial charge >= 0.3 is 0 Å². The lowest BCUT2D eigenvalue weighted by molar-refractivity contribution is 0.0985. The first-order valence-corrected chi connectivity index (χ1v) is 11.8. The first kappa shape index (κ1) is 20.6. The van der Waals surface area contributed by atoms with E-state index in [0.29, 0.717) is 12.1 Å². The normalized spacial score (nSPS) is 11.0. The molecule has 1 aromatic heterocycles. The topological polar surface area (TPSA) is 33.2 Å². The molecule has 152 valence electrons. The highest BCUT2D eigenvalue weighted by Gasteiger charge is 2.22. The number of benzene rings is 3. The van der Waals surface area contributed by atoms with E-state index >= 15 is 0 Å². The van der Waals surface area contributed by atoms with Crippen LogP contribution in [0.1, 0.15) is 34.0 Å². The highest BCUT2D eigenvalue weighted by atomic mass is 32.2. The average molecular weight is 433 g/mol. The number of amides is 1. The number of fused-ring (bicyclic) bond motifs is 1. The fourth-order valence-electron chi connectivity index (χ4n) is 3.48. The number of carbonyl (C=O) groups excluding carboxylic acids is 1. The second kappa shape index (κ2) is 9.02. The third kappa shape index (κ3) is 4.42. The lowest BCUT2D eigenvalue weighted by Crippen LogP contribution is -2.30. The molecule has 0 unspecified atom stereocenters. The number of thioether (sulfide) groups is 1. The van der Waals surface area contributed by atoms with Gasteiger partial charge in [-0.05, 0) is 66.6 Å². The summed E-state index contributed by atoms with van der Waals surface area (Å²) in [7, 11) is 0. The van der Waals surface area contributed by atoms with Gasteiger partial charge in [0.05, 0.1) is 16.8 Å². The van der Waals surface area contributed by atoms with Crippen LogP contribution >= 0.6 is 23.1 Å². The van der Waals surface area contributed by atoms with Gasteiger partial charge in [0.2, 0.25) is 0 Å². The van der Waals surface area contributed by atoms with E-state index in [1.54, 1.807) is 28.0 Å². The third-order valence-electron chi connectivity index (χ3n) is 4.89. The molecule has 1 amide bonds. The Labute approximate surface area is 185 Å². The molecule has 0 spiro atoms. The molecule has 0 saturated carbocycles. The summed E-state index contributed by atoms with van der Waals surface area (Å²) in [6, 6.07) is 22.2. The molecule has 3 aromatic carbocycles. The van der Waals surface area contributed by atoms with E-state index in [1.807, 2.05) is 54.6 Å². The molecule has 0 atom stereocenters. The second-order valence-corrected chi connectivity index (χ2v) is 9.61. The maximum atomic E-state index is 13.5. The average Bonchev–Trinajstić information content (AvgIpc) is 3.17. The molecule has 3 nitrogen and oxygen atoms in total. The summed E-state index contributed by atoms with van der Waals surface area (Å²) in [5.74, 6) is 0.984. The minimum atomic E-state index is -0.0275. The summed E-state index contributed by atoms with van der Waals surface area (Å²) in [5.41, 5.74) is 5.08. The van der Waals surface area contributed by atoms with Crippen molar-refractivity contribution in [2.45, 2.75) is 32.2 Å². The van der Waals surface area contributed by atoms with E-state index in [1.165, 1.54) is 10.5 Å². The molecular weight excluding hydrogens is 408 g/mol. The SMILES string of the molecule is CCSc1ccc(C(=O)N(Cc2ccccc2)c2nc3c(C)cc(C)cc3s2)cc1. The van der Waals surface area contributed by atoms with Gasteiger partial charge in [0.1, 0.15) is 0 Å². The van der Waals surface area contributed by atoms with Crippen LogP contribution in [0.2, 0.25) is 0 Å². The largest absolute Gasteiger partial charge is 0.279 e. The van der Waals surface area contributed by atoms with Crippen molar-refractivity contribution in [2.24, 2.45) is 0 Å². The molecule has 0 aliphatic rings. The van der Waals surface area contributed by atoms with E-state index < -0.39 is 0 Å². The summed E-state index contributed by atoms with van der Waals surface area (Å²) in [6.07, 6.45) is 0. The fraction of sp³-hybridized carbons (Fsp3) is 0.200. The number of aryl methyl sites for hydroxylation is 2. The maximum absolute atomic E-state index is 13.5. The molecule has 5 heteroatoms. The Morgan fingerprint density at radius 3 is 2.47 bits per heavy atom. The monoisotopic (exact) mass is 432 g/mol. The third-order valence-corrected chi connectivity index (χ3v) is 6.81. The number of anilines is 1. The van der Waals surface area contributed by atoms with Gasteiger partial charge in [-0.2, -0.15) is 0 Å². The summed E-state index contributed by atoms with van der Waals surface area (Å²) in [4.78, 5) is 21.4. The van der Waals surface area contributed by atoms with Gasteiger partial charge in [-0.25, -0.2) is 4.98 Å². The van der Waals surface area contributed by atoms with Gasteiger partial charge in [-0.3, -0.25) is 9.69 Å². The molecule has 0 bridgehead atoms. The van der Waals surface area contributed by atoms with Crippen LogP contribution in [0, 0.1) is 13.8 Å². The molecule has 0 radical (unpaired) electrons. The number of thiazole rings is 1. The smallest absolute Gasteiger partial charge is 0.260 e. The molecule has 4 rings (SSSR count). The predicted octanol–water partition coefficient (Wildman–Crippen LogP) is 6.87. The number of hydrogen-bond donors (Lipinski definition) is 0. The van der Waals surface area contributed by atoms with Crippen LogP contribution in [-0.2, 0) is 6.54 Å². The minimum Gasteiger partial charge on any atom is -0.279 e. The Hall–Kier alpha value is -2.63. The number of aromatic nitrogens is 1. The van der Waals surface area contributed by atoms with Gasteiger partial charge in [-0.1, -0.05) is 54.7 Å². The molecule has 0 saturated heterocycles. The van der Waals surface area contributed by atoms with Gasteiger partial charge in [-0.15, -0.1) is 11.8 Å². The van der Waals surface area contributed by atoms with Crippen LogP contribution < -0.4 is 4.90 Å². The van der Waals surface area contributed by atoms with Crippen molar-refractivity contribution in [3.8, 4) is 0 Å². The molecule has 0 aliphatic heterocycles. The molecular formula is C25H24N2OS2. The van der Waals surface area contributed by atoms with Crippen molar-refractivity contribution in [2.75, 3.05) is 10.7 Å². The van der Waals surface area contributed by atoms with Crippen LogP contribution in [0.15, 0.2) is 71.6 Å². The summed E-state index contributed by atoms with van der Waals surface area (Å²) < 4.78 is 1.11. The lowest BCUT2D eigenvalue weighted by Gasteiger charge is -2.20. The zero-order valence-electron chi connectivity index (χ0n) is 17.4. The summed E-state index contributed by atoms with van der Waals surface area (Å²) >= 11 is 3.35. The summed E-state index contributed by atoms with van der Waals surface area (Å²) in [5, 5.41) is 0.736. The Balaban J connectivity index is 1.74. The molecule has 30 heavy (non-hydrogen) atoms. The number of carbonyl (C=O) groups is 1. The zero-order valence-corrected chi connectivity index (χ0v) is 19.0. The van der Waals surface area contributed by atoms with Gasteiger partial charge in [0.15, 0.2) is 5.13 Å². The lowest BCUT2D eigenvalue weighted by atomic mass is 10.1. The molecule has 0 aliphatic carbocycles. The number of hydrogen-bond acceptors (Lipinski definition) is 4. The van der Waals surface area contributed by atoms with Gasteiger partial charge in [0.25, 0.3) is 5.91 Å². The van der Waals surface area contributed by atoms with E-state index in [2.05, 4.69) is 32.9 Å². The van der Waals surface area contributed by atoms with Crippen molar-refractivity contribution in [1.29, 1.82) is 0 Å². The molecule has 0 N–H and O–H groups in total. The predicted molar refractivity (Wildman–Crippen MR) is 129 cm³/mol. The first-order valence-electron chi connectivity index (χ1n) is 10.0. The molecule has 4 aromatic rings. The fourth-order valence-corrected chi connectivity index (χ4v) is 5.28. The van der Waals surface area contributed by atoms with E-state index in [4.69, 9.17) is 4.98 Å². The van der Waals surface area contributed by atoms with Crippen LogP contribution in [0.3, 0.4) is 0 Å². The van der Waals surface area contributed by atoms with E-state index in [9.17, 15) is 4.79 Å². The standard InChI is InChI=1S/C25H24N2OS2/c1-4-29-21-12-10-20(11-13-21)24(28)27(16-19-8-6-5-7-9-19)25-26-23-18(3)14-17(2)15-22(23)30-25/h5-15H,4,16H2,1-3H3. The first-order chi connectivity index (χ1) is 14.5. The Morgan fingerprint density at radius 1 is 1.03 bits per heavy atom. The van der Waals surface area contributed by atoms with Crippen LogP contribution in [-0.4, -0.2) is 16.6 Å². The van der Waals surface area contributed by atoms with Crippen LogP contribution in [0.4, 0.5) is 5.13 Å². The highest BCUT2D eigenvalue weighted by molar-refractivity contribution is 7.99. The summed E-state index contributed by atoms with van der Waals surface area (Å²) in [6.45, 7) is 6.78. The molecule has 1 heterocycles. The van der Waals surface area contributed by atoms with Gasteiger partial charge in [0, 0.05) is 10.5 Å². The quantitative estimate of drug-likeness (QED) is 0.312. The Bertz CT molecular complexity index is 1170. The Kier molecular flexibility index (Phi) is 6.21. The maximum Gasteiger partial charge on any atom is 0.260 e. The minimum absolute atomic E-state index is 0.0275. The zero-order chi connectivity index (χ0) is 21.1. The van der Waals surface area contributed by atoms with Crippen LogP contribution in [0.25, 0.3) is 10.2 Å².